The van der Waals surface area contributed by atoms with Crippen molar-refractivity contribution in [2.24, 2.45) is 5.92 Å². The number of hydrogen-bond acceptors (Lipinski definition) is 3. The van der Waals surface area contributed by atoms with Crippen molar-refractivity contribution < 1.29 is 14.3 Å². The zero-order valence-electron chi connectivity index (χ0n) is 8.71. The van der Waals surface area contributed by atoms with E-state index in [4.69, 9.17) is 11.2 Å². The molecule has 0 aliphatic heterocycles. The molecule has 0 aromatic rings. The smallest absolute Gasteiger partial charge is 0.317 e. The standard InChI is InChI=1S/C11H16O3/c1-4-7-9(10(12)8-5-2)11(13)14-6-3/h1,9H,5-8H2,2-3H3. The topological polar surface area (TPSA) is 43.4 Å². The SMILES string of the molecule is C#CCC(C(=O)CCC)C(=O)OCC. The van der Waals surface area contributed by atoms with Gasteiger partial charge in [-0.15, -0.1) is 12.3 Å². The molecule has 0 aliphatic rings. The predicted molar refractivity (Wildman–Crippen MR) is 53.5 cm³/mol. The first kappa shape index (κ1) is 12.7. The molecule has 0 rings (SSSR count). The van der Waals surface area contributed by atoms with Crippen LogP contribution in [0.4, 0.5) is 0 Å². The molecule has 0 aromatic carbocycles. The number of carbonyl (C=O) groups excluding carboxylic acids is 2. The predicted octanol–water partition coefficient (Wildman–Crippen LogP) is 1.56. The lowest BCUT2D eigenvalue weighted by Crippen LogP contribution is -2.25. The third kappa shape index (κ3) is 4.08. The van der Waals surface area contributed by atoms with Crippen LogP contribution >= 0.6 is 0 Å². The van der Waals surface area contributed by atoms with Crippen molar-refractivity contribution in [3.8, 4) is 12.3 Å². The van der Waals surface area contributed by atoms with Gasteiger partial charge in [-0.05, 0) is 13.3 Å². The normalized spacial score (nSPS) is 11.5. The maximum absolute atomic E-state index is 11.5. The Bertz CT molecular complexity index is 219. The number of ether oxygens (including phenoxy) is 1. The number of esters is 1. The lowest BCUT2D eigenvalue weighted by atomic mass is 9.97. The van der Waals surface area contributed by atoms with E-state index in [1.54, 1.807) is 6.92 Å². The molecule has 78 valence electrons. The van der Waals surface area contributed by atoms with Gasteiger partial charge in [0.1, 0.15) is 11.7 Å². The van der Waals surface area contributed by atoms with Crippen LogP contribution in [0, 0.1) is 18.3 Å². The Morgan fingerprint density at radius 2 is 2.07 bits per heavy atom. The van der Waals surface area contributed by atoms with Crippen LogP contribution in [0.2, 0.25) is 0 Å². The van der Waals surface area contributed by atoms with Crippen LogP contribution in [0.5, 0.6) is 0 Å². The van der Waals surface area contributed by atoms with Gasteiger partial charge in [-0.25, -0.2) is 0 Å². The summed E-state index contributed by atoms with van der Waals surface area (Å²) in [6, 6.07) is 0. The quantitative estimate of drug-likeness (QED) is 0.368. The van der Waals surface area contributed by atoms with Gasteiger partial charge in [-0.3, -0.25) is 9.59 Å². The first-order chi connectivity index (χ1) is 6.67. The lowest BCUT2D eigenvalue weighted by molar-refractivity contribution is -0.151. The molecule has 0 aliphatic carbocycles. The van der Waals surface area contributed by atoms with Crippen LogP contribution in [0.3, 0.4) is 0 Å². The Kier molecular flexibility index (Phi) is 6.47. The first-order valence-electron chi connectivity index (χ1n) is 4.80. The highest BCUT2D eigenvalue weighted by atomic mass is 16.5. The molecule has 0 radical (unpaired) electrons. The van der Waals surface area contributed by atoms with Gasteiger partial charge >= 0.3 is 5.97 Å². The average Bonchev–Trinajstić information content (AvgIpc) is 2.14. The average molecular weight is 196 g/mol. The molecule has 0 amide bonds. The van der Waals surface area contributed by atoms with Crippen molar-refractivity contribution >= 4 is 11.8 Å². The van der Waals surface area contributed by atoms with Crippen molar-refractivity contribution in [2.75, 3.05) is 6.61 Å². The van der Waals surface area contributed by atoms with Crippen LogP contribution < -0.4 is 0 Å². The number of rotatable bonds is 6. The number of carbonyl (C=O) groups is 2. The van der Waals surface area contributed by atoms with E-state index in [0.29, 0.717) is 6.42 Å². The monoisotopic (exact) mass is 196 g/mol. The largest absolute Gasteiger partial charge is 0.465 e. The molecule has 14 heavy (non-hydrogen) atoms. The Balaban J connectivity index is 4.35. The van der Waals surface area contributed by atoms with Gasteiger partial charge in [0.15, 0.2) is 0 Å². The van der Waals surface area contributed by atoms with E-state index >= 15 is 0 Å². The van der Waals surface area contributed by atoms with Crippen LogP contribution in [-0.2, 0) is 14.3 Å². The second-order valence-electron chi connectivity index (χ2n) is 2.93. The summed E-state index contributed by atoms with van der Waals surface area (Å²) in [5.41, 5.74) is 0. The van der Waals surface area contributed by atoms with Gasteiger partial charge < -0.3 is 4.74 Å². The van der Waals surface area contributed by atoms with Gasteiger partial charge in [-0.1, -0.05) is 6.92 Å². The maximum Gasteiger partial charge on any atom is 0.317 e. The van der Waals surface area contributed by atoms with Crippen molar-refractivity contribution in [3.63, 3.8) is 0 Å². The Morgan fingerprint density at radius 3 is 2.50 bits per heavy atom. The maximum atomic E-state index is 11.5. The fourth-order valence-corrected chi connectivity index (χ4v) is 1.11. The zero-order chi connectivity index (χ0) is 11.0. The van der Waals surface area contributed by atoms with E-state index in [1.165, 1.54) is 0 Å². The highest BCUT2D eigenvalue weighted by Crippen LogP contribution is 2.10. The summed E-state index contributed by atoms with van der Waals surface area (Å²) in [6.45, 7) is 3.87. The highest BCUT2D eigenvalue weighted by molar-refractivity contribution is 5.99. The van der Waals surface area contributed by atoms with Gasteiger partial charge in [0.25, 0.3) is 0 Å². The summed E-state index contributed by atoms with van der Waals surface area (Å²) in [4.78, 5) is 22.8. The van der Waals surface area contributed by atoms with Crippen molar-refractivity contribution in [3.05, 3.63) is 0 Å². The minimum absolute atomic E-state index is 0.121. The molecular formula is C11H16O3. The first-order valence-corrected chi connectivity index (χ1v) is 4.80. The number of terminal acetylenes is 1. The third-order valence-electron chi connectivity index (χ3n) is 1.78. The molecule has 0 bridgehead atoms. The Labute approximate surface area is 84.8 Å². The Morgan fingerprint density at radius 1 is 1.43 bits per heavy atom. The molecule has 0 heterocycles. The number of ketones is 1. The molecule has 0 saturated heterocycles. The molecule has 3 heteroatoms. The minimum Gasteiger partial charge on any atom is -0.465 e. The van der Waals surface area contributed by atoms with Gasteiger partial charge in [0.05, 0.1) is 6.61 Å². The Hall–Kier alpha value is -1.30. The van der Waals surface area contributed by atoms with Crippen LogP contribution in [-0.4, -0.2) is 18.4 Å². The summed E-state index contributed by atoms with van der Waals surface area (Å²) in [5, 5.41) is 0. The molecule has 0 spiro atoms. The number of Topliss-reactive ketones (excluding diaryl/α,β-unsaturated/α-hetero) is 1. The third-order valence-corrected chi connectivity index (χ3v) is 1.78. The van der Waals surface area contributed by atoms with Crippen molar-refractivity contribution in [1.82, 2.24) is 0 Å². The summed E-state index contributed by atoms with van der Waals surface area (Å²) >= 11 is 0. The molecular weight excluding hydrogens is 180 g/mol. The van der Waals surface area contributed by atoms with E-state index < -0.39 is 11.9 Å². The summed E-state index contributed by atoms with van der Waals surface area (Å²) < 4.78 is 4.77. The fraction of sp³-hybridized carbons (Fsp3) is 0.636. The van der Waals surface area contributed by atoms with Crippen molar-refractivity contribution in [1.29, 1.82) is 0 Å². The second kappa shape index (κ2) is 7.14. The van der Waals surface area contributed by atoms with Crippen LogP contribution in [0.25, 0.3) is 0 Å². The summed E-state index contributed by atoms with van der Waals surface area (Å²) in [7, 11) is 0. The zero-order valence-corrected chi connectivity index (χ0v) is 8.71. The van der Waals surface area contributed by atoms with E-state index in [2.05, 4.69) is 5.92 Å². The van der Waals surface area contributed by atoms with Gasteiger partial charge in [0.2, 0.25) is 0 Å². The molecule has 0 N–H and O–H groups in total. The second-order valence-corrected chi connectivity index (χ2v) is 2.93. The van der Waals surface area contributed by atoms with E-state index in [0.717, 1.165) is 6.42 Å². The fourth-order valence-electron chi connectivity index (χ4n) is 1.11. The van der Waals surface area contributed by atoms with Gasteiger partial charge in [-0.2, -0.15) is 0 Å². The molecule has 3 nitrogen and oxygen atoms in total. The van der Waals surface area contributed by atoms with Gasteiger partial charge in [0, 0.05) is 12.8 Å². The molecule has 1 atom stereocenters. The van der Waals surface area contributed by atoms with E-state index in [-0.39, 0.29) is 18.8 Å². The van der Waals surface area contributed by atoms with Crippen LogP contribution in [0.1, 0.15) is 33.1 Å². The van der Waals surface area contributed by atoms with Crippen molar-refractivity contribution in [2.45, 2.75) is 33.1 Å². The van der Waals surface area contributed by atoms with E-state index in [9.17, 15) is 9.59 Å². The highest BCUT2D eigenvalue weighted by Gasteiger charge is 2.25. The van der Waals surface area contributed by atoms with Crippen LogP contribution in [0.15, 0.2) is 0 Å². The van der Waals surface area contributed by atoms with E-state index in [1.807, 2.05) is 6.92 Å². The molecule has 0 fully saturated rings. The summed E-state index contributed by atoms with van der Waals surface area (Å²) in [6.07, 6.45) is 6.33. The molecule has 0 saturated carbocycles. The lowest BCUT2D eigenvalue weighted by Gasteiger charge is -2.10. The minimum atomic E-state index is -0.764. The molecule has 1 unspecified atom stereocenters. The number of hydrogen-bond donors (Lipinski definition) is 0. The molecule has 0 aromatic heterocycles. The summed E-state index contributed by atoms with van der Waals surface area (Å²) in [5.74, 6) is 0.943.